The maximum Gasteiger partial charge on any atom is 0.336 e. The Balaban J connectivity index is 1.29. The number of hydrogen-bond acceptors (Lipinski definition) is 10. The standard InChI is InChI=1S/C39H32O10/c1-46-36-23-28(9-19-34(36)48-38(44)21-11-26-3-13-30(40)14-4-26)7-17-32(42)25-33(43)18-8-29-10-20-35(37(24-29)47-2)49-39(45)22-12-27-5-15-31(41)16-6-27/h3-24,40-41H,25H2,1-2H3/b17-7+,18-8+,21-11+,22-12+. The number of methoxy groups -OCH3 is 2. The van der Waals surface area contributed by atoms with Crippen molar-refractivity contribution >= 4 is 47.8 Å². The number of aromatic hydroxyl groups is 2. The van der Waals surface area contributed by atoms with Crippen molar-refractivity contribution in [3.8, 4) is 34.5 Å². The van der Waals surface area contributed by atoms with E-state index in [1.54, 1.807) is 60.7 Å². The molecule has 0 spiro atoms. The molecule has 2 N–H and O–H groups in total. The fraction of sp³-hybridized carbons (Fsp3) is 0.0769. The van der Waals surface area contributed by atoms with Crippen LogP contribution in [0.15, 0.2) is 109 Å². The molecule has 49 heavy (non-hydrogen) atoms. The zero-order chi connectivity index (χ0) is 35.2. The van der Waals surface area contributed by atoms with E-state index in [0.717, 1.165) is 0 Å². The minimum absolute atomic E-state index is 0.115. The Hall–Kier alpha value is -6.68. The molecule has 248 valence electrons. The monoisotopic (exact) mass is 660 g/mol. The second kappa shape index (κ2) is 17.3. The number of hydrogen-bond donors (Lipinski definition) is 2. The van der Waals surface area contributed by atoms with Gasteiger partial charge in [0.2, 0.25) is 0 Å². The summed E-state index contributed by atoms with van der Waals surface area (Å²) < 4.78 is 21.4. The van der Waals surface area contributed by atoms with Crippen molar-refractivity contribution in [2.24, 2.45) is 0 Å². The molecule has 0 unspecified atom stereocenters. The van der Waals surface area contributed by atoms with Crippen molar-refractivity contribution in [3.05, 3.63) is 131 Å². The van der Waals surface area contributed by atoms with Gasteiger partial charge in [-0.25, -0.2) is 9.59 Å². The summed E-state index contributed by atoms with van der Waals surface area (Å²) in [4.78, 5) is 49.5. The van der Waals surface area contributed by atoms with Crippen LogP contribution in [0.3, 0.4) is 0 Å². The molecule has 0 heterocycles. The Bertz CT molecular complexity index is 1790. The lowest BCUT2D eigenvalue weighted by molar-refractivity contribution is -0.129. The minimum atomic E-state index is -0.634. The lowest BCUT2D eigenvalue weighted by Crippen LogP contribution is -2.05. The fourth-order valence-corrected chi connectivity index (χ4v) is 4.20. The summed E-state index contributed by atoms with van der Waals surface area (Å²) in [6.45, 7) is 0. The molecular formula is C39H32O10. The highest BCUT2D eigenvalue weighted by atomic mass is 16.6. The summed E-state index contributed by atoms with van der Waals surface area (Å²) >= 11 is 0. The summed E-state index contributed by atoms with van der Waals surface area (Å²) in [7, 11) is 2.83. The largest absolute Gasteiger partial charge is 0.508 e. The maximum absolute atomic E-state index is 12.5. The Morgan fingerprint density at radius 3 is 1.20 bits per heavy atom. The van der Waals surface area contributed by atoms with Crippen LogP contribution in [0.5, 0.6) is 34.5 Å². The molecule has 0 aromatic heterocycles. The number of carbonyl (C=O) groups is 4. The highest BCUT2D eigenvalue weighted by Crippen LogP contribution is 2.30. The van der Waals surface area contributed by atoms with E-state index < -0.39 is 23.5 Å². The fourth-order valence-electron chi connectivity index (χ4n) is 4.20. The number of benzene rings is 4. The van der Waals surface area contributed by atoms with E-state index in [2.05, 4.69) is 0 Å². The van der Waals surface area contributed by atoms with Gasteiger partial charge >= 0.3 is 11.9 Å². The van der Waals surface area contributed by atoms with Gasteiger partial charge in [-0.2, -0.15) is 0 Å². The molecule has 0 fully saturated rings. The van der Waals surface area contributed by atoms with Crippen molar-refractivity contribution in [3.63, 3.8) is 0 Å². The predicted octanol–water partition coefficient (Wildman–Crippen LogP) is 6.61. The van der Waals surface area contributed by atoms with Crippen molar-refractivity contribution in [1.29, 1.82) is 0 Å². The second-order valence-corrected chi connectivity index (χ2v) is 10.3. The van der Waals surface area contributed by atoms with Gasteiger partial charge in [0.15, 0.2) is 34.6 Å². The third kappa shape index (κ3) is 11.3. The number of ketones is 2. The summed E-state index contributed by atoms with van der Waals surface area (Å²) in [5, 5.41) is 18.7. The zero-order valence-corrected chi connectivity index (χ0v) is 26.6. The van der Waals surface area contributed by atoms with Crippen LogP contribution in [0.4, 0.5) is 0 Å². The lowest BCUT2D eigenvalue weighted by Gasteiger charge is -2.09. The van der Waals surface area contributed by atoms with E-state index in [1.165, 1.54) is 87.1 Å². The van der Waals surface area contributed by atoms with Crippen molar-refractivity contribution < 1.29 is 48.3 Å². The summed E-state index contributed by atoms with van der Waals surface area (Å²) in [5.74, 6) is -1.01. The number of phenolic OH excluding ortho intramolecular Hbond substituents is 2. The molecular weight excluding hydrogens is 628 g/mol. The molecule has 4 aromatic carbocycles. The molecule has 0 amide bonds. The molecule has 4 rings (SSSR count). The quantitative estimate of drug-likeness (QED) is 0.0656. The number of rotatable bonds is 14. The van der Waals surface area contributed by atoms with Gasteiger partial charge in [0.1, 0.15) is 11.5 Å². The van der Waals surface area contributed by atoms with Crippen LogP contribution in [-0.2, 0) is 19.2 Å². The van der Waals surface area contributed by atoms with Crippen LogP contribution in [0, 0.1) is 0 Å². The SMILES string of the molecule is COc1cc(/C=C/C(=O)CC(=O)/C=C/c2ccc(OC(=O)/C=C/c3ccc(O)cc3)c(OC)c2)ccc1OC(=O)/C=C/c1ccc(O)cc1. The van der Waals surface area contributed by atoms with Crippen LogP contribution >= 0.6 is 0 Å². The summed E-state index contributed by atoms with van der Waals surface area (Å²) in [6.07, 6.45) is 10.8. The predicted molar refractivity (Wildman–Crippen MR) is 184 cm³/mol. The van der Waals surface area contributed by atoms with Gasteiger partial charge in [0.25, 0.3) is 0 Å². The second-order valence-electron chi connectivity index (χ2n) is 10.3. The maximum atomic E-state index is 12.5. The molecule has 4 aromatic rings. The minimum Gasteiger partial charge on any atom is -0.508 e. The van der Waals surface area contributed by atoms with Crippen molar-refractivity contribution in [2.45, 2.75) is 6.42 Å². The molecule has 0 saturated carbocycles. The lowest BCUT2D eigenvalue weighted by atomic mass is 10.1. The zero-order valence-electron chi connectivity index (χ0n) is 26.6. The third-order valence-electron chi connectivity index (χ3n) is 6.68. The molecule has 10 heteroatoms. The Morgan fingerprint density at radius 2 is 0.837 bits per heavy atom. The van der Waals surface area contributed by atoms with E-state index in [9.17, 15) is 29.4 Å². The van der Waals surface area contributed by atoms with Crippen LogP contribution in [-0.4, -0.2) is 47.9 Å². The topological polar surface area (TPSA) is 146 Å². The van der Waals surface area contributed by atoms with E-state index in [-0.39, 0.29) is 40.9 Å². The average Bonchev–Trinajstić information content (AvgIpc) is 3.10. The number of allylic oxidation sites excluding steroid dienone is 2. The highest BCUT2D eigenvalue weighted by molar-refractivity contribution is 6.11. The van der Waals surface area contributed by atoms with Crippen molar-refractivity contribution in [1.82, 2.24) is 0 Å². The number of ether oxygens (including phenoxy) is 4. The first-order valence-electron chi connectivity index (χ1n) is 14.8. The van der Waals surface area contributed by atoms with Crippen LogP contribution in [0.2, 0.25) is 0 Å². The van der Waals surface area contributed by atoms with Crippen molar-refractivity contribution in [2.75, 3.05) is 14.2 Å². The van der Waals surface area contributed by atoms with E-state index in [4.69, 9.17) is 18.9 Å². The van der Waals surface area contributed by atoms with Crippen LogP contribution in [0.1, 0.15) is 28.7 Å². The number of esters is 2. The molecule has 0 atom stereocenters. The highest BCUT2D eigenvalue weighted by Gasteiger charge is 2.11. The molecule has 0 radical (unpaired) electrons. The first-order valence-corrected chi connectivity index (χ1v) is 14.8. The molecule has 10 nitrogen and oxygen atoms in total. The molecule has 0 bridgehead atoms. The molecule has 0 aliphatic rings. The van der Waals surface area contributed by atoms with Crippen LogP contribution in [0.25, 0.3) is 24.3 Å². The first kappa shape index (κ1) is 35.2. The van der Waals surface area contributed by atoms with Crippen LogP contribution < -0.4 is 18.9 Å². The van der Waals surface area contributed by atoms with Gasteiger partial charge in [0.05, 0.1) is 20.6 Å². The molecule has 0 aliphatic carbocycles. The summed E-state index contributed by atoms with van der Waals surface area (Å²) in [6, 6.07) is 22.1. The van der Waals surface area contributed by atoms with Gasteiger partial charge in [-0.05, 0) is 95.1 Å². The first-order chi connectivity index (χ1) is 23.6. The van der Waals surface area contributed by atoms with Gasteiger partial charge in [0, 0.05) is 12.2 Å². The van der Waals surface area contributed by atoms with E-state index >= 15 is 0 Å². The Morgan fingerprint density at radius 1 is 0.490 bits per heavy atom. The Labute approximate surface area is 282 Å². The molecule has 0 aliphatic heterocycles. The van der Waals surface area contributed by atoms with Gasteiger partial charge in [-0.3, -0.25) is 9.59 Å². The van der Waals surface area contributed by atoms with E-state index in [1.807, 2.05) is 0 Å². The molecule has 0 saturated heterocycles. The third-order valence-corrected chi connectivity index (χ3v) is 6.68. The van der Waals surface area contributed by atoms with Gasteiger partial charge in [-0.15, -0.1) is 0 Å². The number of carbonyl (C=O) groups excluding carboxylic acids is 4. The number of phenols is 2. The van der Waals surface area contributed by atoms with Gasteiger partial charge < -0.3 is 29.2 Å². The van der Waals surface area contributed by atoms with E-state index in [0.29, 0.717) is 22.3 Å². The smallest absolute Gasteiger partial charge is 0.336 e. The van der Waals surface area contributed by atoms with Gasteiger partial charge in [-0.1, -0.05) is 48.6 Å². The Kier molecular flexibility index (Phi) is 12.4. The average molecular weight is 661 g/mol. The summed E-state index contributed by atoms with van der Waals surface area (Å²) in [5.41, 5.74) is 2.56. The normalized spacial score (nSPS) is 11.3.